The highest BCUT2D eigenvalue weighted by atomic mass is 16.2. The second-order valence-corrected chi connectivity index (χ2v) is 4.18. The Morgan fingerprint density at radius 1 is 1.71 bits per heavy atom. The van der Waals surface area contributed by atoms with E-state index in [-0.39, 0.29) is 12.5 Å². The Hall–Kier alpha value is -2.09. The molecule has 1 aromatic heterocycles. The fourth-order valence-electron chi connectivity index (χ4n) is 1.58. The molecule has 0 aromatic carbocycles. The van der Waals surface area contributed by atoms with Crippen molar-refractivity contribution in [1.29, 1.82) is 5.26 Å². The van der Waals surface area contributed by atoms with E-state index in [0.717, 1.165) is 12.8 Å². The zero-order valence-electron chi connectivity index (χ0n) is 9.68. The maximum Gasteiger partial charge on any atom is 0.239 e. The van der Waals surface area contributed by atoms with Crippen LogP contribution in [0.15, 0.2) is 18.3 Å². The number of nitrogens with one attached hydrogen (secondary N) is 1. The predicted octanol–water partition coefficient (Wildman–Crippen LogP) is 0.668. The number of rotatable bonds is 4. The smallest absolute Gasteiger partial charge is 0.239 e. The monoisotopic (exact) mass is 230 g/mol. The second-order valence-electron chi connectivity index (χ2n) is 4.18. The van der Waals surface area contributed by atoms with Gasteiger partial charge in [-0.2, -0.15) is 5.26 Å². The summed E-state index contributed by atoms with van der Waals surface area (Å²) in [6.45, 7) is 0.224. The van der Waals surface area contributed by atoms with E-state index in [4.69, 9.17) is 5.26 Å². The average molecular weight is 230 g/mol. The molecule has 0 aliphatic heterocycles. The summed E-state index contributed by atoms with van der Waals surface area (Å²) < 4.78 is 0. The molecule has 1 aromatic rings. The first-order valence-electron chi connectivity index (χ1n) is 5.56. The second kappa shape index (κ2) is 4.83. The van der Waals surface area contributed by atoms with Crippen LogP contribution >= 0.6 is 0 Å². The number of pyridine rings is 1. The van der Waals surface area contributed by atoms with E-state index in [1.165, 1.54) is 0 Å². The lowest BCUT2D eigenvalue weighted by Gasteiger charge is -2.18. The van der Waals surface area contributed by atoms with E-state index in [9.17, 15) is 4.79 Å². The zero-order chi connectivity index (χ0) is 12.3. The Labute approximate surface area is 100 Å². The Kier molecular flexibility index (Phi) is 3.24. The number of carbonyl (C=O) groups excluding carboxylic acids is 1. The van der Waals surface area contributed by atoms with Gasteiger partial charge >= 0.3 is 0 Å². The summed E-state index contributed by atoms with van der Waals surface area (Å²) in [5.41, 5.74) is 0.481. The lowest BCUT2D eigenvalue weighted by molar-refractivity contribution is -0.119. The normalized spacial score (nSPS) is 13.9. The van der Waals surface area contributed by atoms with Crippen molar-refractivity contribution in [3.8, 4) is 6.07 Å². The molecule has 0 radical (unpaired) electrons. The standard InChI is InChI=1S/C12H14N4O/c1-16(8-11(17)15-10-4-5-10)12-9(7-13)3-2-6-14-12/h2-3,6,10H,4-5,8H2,1H3,(H,15,17). The molecular formula is C12H14N4O. The molecule has 0 unspecified atom stereocenters. The van der Waals surface area contributed by atoms with Crippen molar-refractivity contribution in [1.82, 2.24) is 10.3 Å². The minimum atomic E-state index is -0.0236. The Morgan fingerprint density at radius 3 is 3.12 bits per heavy atom. The molecule has 0 atom stereocenters. The summed E-state index contributed by atoms with van der Waals surface area (Å²) in [5.74, 6) is 0.519. The summed E-state index contributed by atoms with van der Waals surface area (Å²) in [6, 6.07) is 5.82. The van der Waals surface area contributed by atoms with Gasteiger partial charge in [-0.05, 0) is 25.0 Å². The first-order chi connectivity index (χ1) is 8.20. The third-order valence-corrected chi connectivity index (χ3v) is 2.59. The fourth-order valence-corrected chi connectivity index (χ4v) is 1.58. The number of hydrogen-bond donors (Lipinski definition) is 1. The SMILES string of the molecule is CN(CC(=O)NC1CC1)c1ncccc1C#N. The van der Waals surface area contributed by atoms with Crippen LogP contribution in [0.25, 0.3) is 0 Å². The van der Waals surface area contributed by atoms with Crippen molar-refractivity contribution in [2.75, 3.05) is 18.5 Å². The topological polar surface area (TPSA) is 69.0 Å². The van der Waals surface area contributed by atoms with Crippen LogP contribution in [0.2, 0.25) is 0 Å². The van der Waals surface area contributed by atoms with E-state index in [1.54, 1.807) is 30.3 Å². The van der Waals surface area contributed by atoms with Crippen molar-refractivity contribution in [3.63, 3.8) is 0 Å². The lowest BCUT2D eigenvalue weighted by Crippen LogP contribution is -2.36. The third kappa shape index (κ3) is 2.94. The molecule has 1 fully saturated rings. The molecule has 2 rings (SSSR count). The van der Waals surface area contributed by atoms with E-state index >= 15 is 0 Å². The summed E-state index contributed by atoms with van der Waals surface area (Å²) in [4.78, 5) is 17.4. The highest BCUT2D eigenvalue weighted by Crippen LogP contribution is 2.19. The van der Waals surface area contributed by atoms with Gasteiger partial charge in [0.1, 0.15) is 11.9 Å². The molecule has 1 amide bonds. The van der Waals surface area contributed by atoms with Gasteiger partial charge in [0.15, 0.2) is 0 Å². The van der Waals surface area contributed by atoms with Crippen LogP contribution in [0, 0.1) is 11.3 Å². The van der Waals surface area contributed by atoms with Gasteiger partial charge in [0.25, 0.3) is 0 Å². The molecule has 1 saturated carbocycles. The van der Waals surface area contributed by atoms with Crippen molar-refractivity contribution in [2.45, 2.75) is 18.9 Å². The number of anilines is 1. The molecule has 1 aliphatic carbocycles. The first-order valence-corrected chi connectivity index (χ1v) is 5.56. The molecule has 1 aliphatic rings. The van der Waals surface area contributed by atoms with Gasteiger partial charge in [0, 0.05) is 19.3 Å². The minimum absolute atomic E-state index is 0.0236. The van der Waals surface area contributed by atoms with Crippen LogP contribution in [0.3, 0.4) is 0 Å². The summed E-state index contributed by atoms with van der Waals surface area (Å²) in [5, 5.41) is 11.8. The number of aromatic nitrogens is 1. The molecule has 5 nitrogen and oxygen atoms in total. The van der Waals surface area contributed by atoms with Crippen LogP contribution in [0.1, 0.15) is 18.4 Å². The number of nitriles is 1. The van der Waals surface area contributed by atoms with Crippen molar-refractivity contribution in [3.05, 3.63) is 23.9 Å². The highest BCUT2D eigenvalue weighted by molar-refractivity contribution is 5.81. The quantitative estimate of drug-likeness (QED) is 0.825. The van der Waals surface area contributed by atoms with Crippen molar-refractivity contribution < 1.29 is 4.79 Å². The summed E-state index contributed by atoms with van der Waals surface area (Å²) in [7, 11) is 1.76. The highest BCUT2D eigenvalue weighted by Gasteiger charge is 2.23. The maximum absolute atomic E-state index is 11.6. The van der Waals surface area contributed by atoms with Crippen LogP contribution in [0.4, 0.5) is 5.82 Å². The molecule has 5 heteroatoms. The largest absolute Gasteiger partial charge is 0.352 e. The Bertz CT molecular complexity index is 462. The van der Waals surface area contributed by atoms with E-state index in [2.05, 4.69) is 16.4 Å². The van der Waals surface area contributed by atoms with E-state index in [0.29, 0.717) is 17.4 Å². The average Bonchev–Trinajstić information content (AvgIpc) is 3.12. The Balaban J connectivity index is 2.00. The van der Waals surface area contributed by atoms with Gasteiger partial charge in [-0.3, -0.25) is 4.79 Å². The molecule has 0 bridgehead atoms. The summed E-state index contributed by atoms with van der Waals surface area (Å²) in [6.07, 6.45) is 3.76. The third-order valence-electron chi connectivity index (χ3n) is 2.59. The number of likely N-dealkylation sites (N-methyl/N-ethyl adjacent to an activating group) is 1. The fraction of sp³-hybridized carbons (Fsp3) is 0.417. The van der Waals surface area contributed by atoms with Gasteiger partial charge in [-0.15, -0.1) is 0 Å². The van der Waals surface area contributed by atoms with Crippen LogP contribution in [-0.2, 0) is 4.79 Å². The maximum atomic E-state index is 11.6. The molecule has 0 saturated heterocycles. The van der Waals surface area contributed by atoms with Gasteiger partial charge < -0.3 is 10.2 Å². The van der Waals surface area contributed by atoms with Crippen LogP contribution in [-0.4, -0.2) is 30.5 Å². The van der Waals surface area contributed by atoms with Crippen molar-refractivity contribution >= 4 is 11.7 Å². The number of carbonyl (C=O) groups is 1. The molecule has 0 spiro atoms. The van der Waals surface area contributed by atoms with Gasteiger partial charge in [0.05, 0.1) is 12.1 Å². The molecule has 1 heterocycles. The molecular weight excluding hydrogens is 216 g/mol. The van der Waals surface area contributed by atoms with Gasteiger partial charge in [-0.1, -0.05) is 0 Å². The molecule has 17 heavy (non-hydrogen) atoms. The van der Waals surface area contributed by atoms with Crippen molar-refractivity contribution in [2.24, 2.45) is 0 Å². The van der Waals surface area contributed by atoms with Crippen LogP contribution < -0.4 is 10.2 Å². The number of amides is 1. The molecule has 88 valence electrons. The first kappa shape index (κ1) is 11.4. The van der Waals surface area contributed by atoms with E-state index < -0.39 is 0 Å². The van der Waals surface area contributed by atoms with Gasteiger partial charge in [-0.25, -0.2) is 4.98 Å². The minimum Gasteiger partial charge on any atom is -0.352 e. The molecule has 1 N–H and O–H groups in total. The van der Waals surface area contributed by atoms with Gasteiger partial charge in [0.2, 0.25) is 5.91 Å². The van der Waals surface area contributed by atoms with E-state index in [1.807, 2.05) is 0 Å². The van der Waals surface area contributed by atoms with Crippen LogP contribution in [0.5, 0.6) is 0 Å². The lowest BCUT2D eigenvalue weighted by atomic mass is 10.2. The number of nitrogens with zero attached hydrogens (tertiary/aromatic N) is 3. The Morgan fingerprint density at radius 2 is 2.47 bits per heavy atom. The number of hydrogen-bond acceptors (Lipinski definition) is 4. The summed E-state index contributed by atoms with van der Waals surface area (Å²) >= 11 is 0. The predicted molar refractivity (Wildman–Crippen MR) is 63.4 cm³/mol. The zero-order valence-corrected chi connectivity index (χ0v) is 9.68.